The van der Waals surface area contributed by atoms with Crippen molar-refractivity contribution in [2.24, 2.45) is 0 Å². The molecule has 0 bridgehead atoms. The Balaban J connectivity index is 2.63. The number of carbonyl (C=O) groups is 2. The van der Waals surface area contributed by atoms with Crippen molar-refractivity contribution in [1.29, 1.82) is 0 Å². The molecule has 0 aliphatic heterocycles. The normalized spacial score (nSPS) is 19.6. The van der Waals surface area contributed by atoms with Gasteiger partial charge < -0.3 is 14.9 Å². The molecule has 5 nitrogen and oxygen atoms in total. The lowest BCUT2D eigenvalue weighted by Crippen LogP contribution is -2.31. The van der Waals surface area contributed by atoms with E-state index in [1.165, 1.54) is 18.2 Å². The van der Waals surface area contributed by atoms with Gasteiger partial charge in [0.2, 0.25) is 0 Å². The van der Waals surface area contributed by atoms with Crippen molar-refractivity contribution in [2.75, 3.05) is 6.61 Å². The zero-order valence-corrected chi connectivity index (χ0v) is 11.7. The van der Waals surface area contributed by atoms with Crippen molar-refractivity contribution in [2.45, 2.75) is 12.0 Å². The molecule has 1 aromatic rings. The molecule has 22 heavy (non-hydrogen) atoms. The Morgan fingerprint density at radius 1 is 1.27 bits per heavy atom. The zero-order chi connectivity index (χ0) is 16.2. The Morgan fingerprint density at radius 3 is 2.59 bits per heavy atom. The molecule has 0 radical (unpaired) electrons. The molecule has 0 amide bonds. The van der Waals surface area contributed by atoms with Crippen LogP contribution in [0.15, 0.2) is 42.5 Å². The average molecular weight is 298 g/mol. The predicted molar refractivity (Wildman–Crippen MR) is 79.7 cm³/mol. The minimum atomic E-state index is -1.15. The number of hydrogen-bond donors (Lipinski definition) is 2. The third-order valence-electron chi connectivity index (χ3n) is 3.40. The van der Waals surface area contributed by atoms with E-state index >= 15 is 0 Å². The highest BCUT2D eigenvalue weighted by Crippen LogP contribution is 2.36. The van der Waals surface area contributed by atoms with Crippen LogP contribution in [0, 0.1) is 12.3 Å². The molecular formula is C17H14O5. The summed E-state index contributed by atoms with van der Waals surface area (Å²) in [5.74, 6) is 0.0592. The molecule has 1 aromatic carbocycles. The van der Waals surface area contributed by atoms with E-state index in [1.807, 2.05) is 6.08 Å². The van der Waals surface area contributed by atoms with E-state index in [2.05, 4.69) is 5.92 Å². The lowest BCUT2D eigenvalue weighted by Gasteiger charge is -2.32. The van der Waals surface area contributed by atoms with E-state index in [0.717, 1.165) is 0 Å². The number of hydrogen-bond acceptors (Lipinski definition) is 3. The number of rotatable bonds is 5. The standard InChI is InChI=1S/C17H14O5/c1-2-10-22-17(8-4-3-5-9-17)14-11-12(15(18)19)6-7-13(14)16(20)21/h1,3-8,11H,9-10H2,(H,18,19)(H,20,21). The largest absolute Gasteiger partial charge is 0.478 e. The molecule has 1 atom stereocenters. The van der Waals surface area contributed by atoms with Crippen molar-refractivity contribution in [3.8, 4) is 12.3 Å². The first-order valence-electron chi connectivity index (χ1n) is 6.53. The molecule has 0 heterocycles. The summed E-state index contributed by atoms with van der Waals surface area (Å²) >= 11 is 0. The highest BCUT2D eigenvalue weighted by molar-refractivity contribution is 5.93. The summed E-state index contributed by atoms with van der Waals surface area (Å²) in [7, 11) is 0. The second kappa shape index (κ2) is 6.29. The molecule has 1 aliphatic rings. The van der Waals surface area contributed by atoms with Crippen molar-refractivity contribution >= 4 is 11.9 Å². The van der Waals surface area contributed by atoms with Gasteiger partial charge >= 0.3 is 11.9 Å². The molecular weight excluding hydrogens is 284 g/mol. The van der Waals surface area contributed by atoms with Crippen LogP contribution in [0.1, 0.15) is 32.7 Å². The Bertz CT molecular complexity index is 708. The maximum Gasteiger partial charge on any atom is 0.336 e. The van der Waals surface area contributed by atoms with Crippen LogP contribution in [0.3, 0.4) is 0 Å². The quantitative estimate of drug-likeness (QED) is 0.816. The van der Waals surface area contributed by atoms with Crippen LogP contribution in [0.25, 0.3) is 0 Å². The van der Waals surface area contributed by atoms with Gasteiger partial charge in [-0.25, -0.2) is 9.59 Å². The lowest BCUT2D eigenvalue weighted by atomic mass is 9.83. The van der Waals surface area contributed by atoms with Crippen molar-refractivity contribution in [3.63, 3.8) is 0 Å². The van der Waals surface area contributed by atoms with E-state index in [1.54, 1.807) is 18.2 Å². The van der Waals surface area contributed by atoms with Gasteiger partial charge in [-0.05, 0) is 24.3 Å². The molecule has 1 aliphatic carbocycles. The predicted octanol–water partition coefficient (Wildman–Crippen LogP) is 2.44. The molecule has 2 N–H and O–H groups in total. The van der Waals surface area contributed by atoms with Crippen LogP contribution in [0.2, 0.25) is 0 Å². The molecule has 1 unspecified atom stereocenters. The minimum Gasteiger partial charge on any atom is -0.478 e. The third kappa shape index (κ3) is 2.92. The number of carboxylic acids is 2. The number of carboxylic acid groups (broad SMARTS) is 2. The summed E-state index contributed by atoms with van der Waals surface area (Å²) in [6.07, 6.45) is 12.6. The minimum absolute atomic E-state index is 0.00774. The van der Waals surface area contributed by atoms with Gasteiger partial charge in [-0.1, -0.05) is 24.1 Å². The lowest BCUT2D eigenvalue weighted by molar-refractivity contribution is 0.00800. The molecule has 0 saturated carbocycles. The van der Waals surface area contributed by atoms with Crippen LogP contribution in [-0.2, 0) is 10.3 Å². The first-order valence-corrected chi connectivity index (χ1v) is 6.53. The molecule has 0 fully saturated rings. The Hall–Kier alpha value is -2.84. The van der Waals surface area contributed by atoms with E-state index in [9.17, 15) is 14.7 Å². The maximum atomic E-state index is 11.5. The van der Waals surface area contributed by atoms with Gasteiger partial charge in [-0.2, -0.15) is 0 Å². The highest BCUT2D eigenvalue weighted by Gasteiger charge is 2.34. The molecule has 112 valence electrons. The smallest absolute Gasteiger partial charge is 0.336 e. The van der Waals surface area contributed by atoms with E-state index in [0.29, 0.717) is 6.42 Å². The van der Waals surface area contributed by atoms with Gasteiger partial charge in [0, 0.05) is 12.0 Å². The van der Waals surface area contributed by atoms with Crippen LogP contribution in [-0.4, -0.2) is 28.8 Å². The number of benzene rings is 1. The fourth-order valence-electron chi connectivity index (χ4n) is 2.37. The second-order valence-corrected chi connectivity index (χ2v) is 4.74. The molecule has 2 rings (SSSR count). The SMILES string of the molecule is C#CCOC1(c2cc(C(=O)O)ccc2C(=O)O)C=CC=CC1. The summed E-state index contributed by atoms with van der Waals surface area (Å²) in [4.78, 5) is 22.7. The summed E-state index contributed by atoms with van der Waals surface area (Å²) < 4.78 is 5.70. The van der Waals surface area contributed by atoms with Gasteiger partial charge in [0.25, 0.3) is 0 Å². The Labute approximate surface area is 127 Å². The number of ether oxygens (including phenoxy) is 1. The fourth-order valence-corrected chi connectivity index (χ4v) is 2.37. The van der Waals surface area contributed by atoms with Gasteiger partial charge in [0.1, 0.15) is 12.2 Å². The van der Waals surface area contributed by atoms with Crippen molar-refractivity contribution < 1.29 is 24.5 Å². The number of terminal acetylenes is 1. The van der Waals surface area contributed by atoms with E-state index in [4.69, 9.17) is 16.3 Å². The summed E-state index contributed by atoms with van der Waals surface area (Å²) in [5, 5.41) is 18.5. The van der Waals surface area contributed by atoms with Gasteiger partial charge in [-0.15, -0.1) is 6.42 Å². The van der Waals surface area contributed by atoms with Crippen molar-refractivity contribution in [1.82, 2.24) is 0 Å². The summed E-state index contributed by atoms with van der Waals surface area (Å²) in [6, 6.07) is 3.85. The zero-order valence-electron chi connectivity index (χ0n) is 11.7. The monoisotopic (exact) mass is 298 g/mol. The van der Waals surface area contributed by atoms with Gasteiger partial charge in [0.05, 0.1) is 11.1 Å². The fraction of sp³-hybridized carbons (Fsp3) is 0.176. The molecule has 5 heteroatoms. The van der Waals surface area contributed by atoms with Gasteiger partial charge in [-0.3, -0.25) is 0 Å². The Morgan fingerprint density at radius 2 is 2.05 bits per heavy atom. The van der Waals surface area contributed by atoms with Crippen molar-refractivity contribution in [3.05, 3.63) is 59.2 Å². The number of aromatic carboxylic acids is 2. The van der Waals surface area contributed by atoms with Crippen LogP contribution in [0.4, 0.5) is 0 Å². The van der Waals surface area contributed by atoms with E-state index < -0.39 is 17.5 Å². The highest BCUT2D eigenvalue weighted by atomic mass is 16.5. The van der Waals surface area contributed by atoms with E-state index in [-0.39, 0.29) is 23.3 Å². The first-order chi connectivity index (χ1) is 10.5. The topological polar surface area (TPSA) is 83.8 Å². The Kier molecular flexibility index (Phi) is 4.44. The van der Waals surface area contributed by atoms with Crippen LogP contribution < -0.4 is 0 Å². The first kappa shape index (κ1) is 15.5. The molecule has 0 saturated heterocycles. The molecule has 0 spiro atoms. The van der Waals surface area contributed by atoms with Gasteiger partial charge in [0.15, 0.2) is 0 Å². The summed E-state index contributed by atoms with van der Waals surface area (Å²) in [5.41, 5.74) is -0.829. The number of allylic oxidation sites excluding steroid dienone is 2. The average Bonchev–Trinajstić information content (AvgIpc) is 2.53. The maximum absolute atomic E-state index is 11.5. The molecule has 0 aromatic heterocycles. The van der Waals surface area contributed by atoms with Crippen LogP contribution >= 0.6 is 0 Å². The summed E-state index contributed by atoms with van der Waals surface area (Å²) in [6.45, 7) is -0.0193. The third-order valence-corrected chi connectivity index (χ3v) is 3.40. The second-order valence-electron chi connectivity index (χ2n) is 4.74. The van der Waals surface area contributed by atoms with Crippen LogP contribution in [0.5, 0.6) is 0 Å².